The second-order valence-electron chi connectivity index (χ2n) is 7.79. The van der Waals surface area contributed by atoms with E-state index in [1.807, 2.05) is 59.5 Å². The monoisotopic (exact) mass is 441 g/mol. The molecule has 2 amide bonds. The normalized spacial score (nSPS) is 13.7. The van der Waals surface area contributed by atoms with Crippen molar-refractivity contribution in [1.29, 1.82) is 0 Å². The number of amides is 2. The third-order valence-corrected chi connectivity index (χ3v) is 5.63. The zero-order chi connectivity index (χ0) is 23.0. The molecule has 0 saturated carbocycles. The minimum absolute atomic E-state index is 0.0407. The molecule has 168 valence electrons. The molecule has 0 aromatic heterocycles. The number of ether oxygens (including phenoxy) is 1. The second-order valence-corrected chi connectivity index (χ2v) is 7.79. The lowest BCUT2D eigenvalue weighted by Crippen LogP contribution is -2.48. The third-order valence-electron chi connectivity index (χ3n) is 5.63. The Balaban J connectivity index is 1.28. The number of benzene rings is 3. The van der Waals surface area contributed by atoms with E-state index in [9.17, 15) is 9.59 Å². The van der Waals surface area contributed by atoms with Crippen LogP contribution in [0.5, 0.6) is 5.75 Å². The molecule has 0 radical (unpaired) electrons. The number of hydrogen-bond acceptors (Lipinski definition) is 4. The highest BCUT2D eigenvalue weighted by Crippen LogP contribution is 2.21. The van der Waals surface area contributed by atoms with Crippen LogP contribution in [-0.4, -0.2) is 50.0 Å². The molecule has 1 heterocycles. The van der Waals surface area contributed by atoms with Crippen LogP contribution in [0.2, 0.25) is 0 Å². The molecule has 1 aliphatic rings. The van der Waals surface area contributed by atoms with Gasteiger partial charge in [0, 0.05) is 49.2 Å². The maximum atomic E-state index is 12.8. The fourth-order valence-electron chi connectivity index (χ4n) is 3.76. The number of anilines is 2. The van der Waals surface area contributed by atoms with E-state index in [1.54, 1.807) is 37.5 Å². The summed E-state index contributed by atoms with van der Waals surface area (Å²) in [4.78, 5) is 29.1. The average Bonchev–Trinajstić information content (AvgIpc) is 2.88. The van der Waals surface area contributed by atoms with E-state index in [2.05, 4.69) is 10.2 Å². The fraction of sp³-hybridized carbons (Fsp3) is 0.185. The van der Waals surface area contributed by atoms with E-state index < -0.39 is 0 Å². The number of nitrogens with one attached hydrogen (secondary N) is 1. The van der Waals surface area contributed by atoms with Gasteiger partial charge in [-0.3, -0.25) is 9.59 Å². The molecule has 0 atom stereocenters. The van der Waals surface area contributed by atoms with Crippen LogP contribution in [0, 0.1) is 0 Å². The van der Waals surface area contributed by atoms with Crippen molar-refractivity contribution in [3.05, 3.63) is 96.1 Å². The molecule has 4 rings (SSSR count). The lowest BCUT2D eigenvalue weighted by molar-refractivity contribution is -0.111. The minimum Gasteiger partial charge on any atom is -0.497 e. The molecule has 0 spiro atoms. The van der Waals surface area contributed by atoms with Crippen LogP contribution in [0.1, 0.15) is 15.9 Å². The van der Waals surface area contributed by atoms with Crippen LogP contribution in [0.15, 0.2) is 84.9 Å². The van der Waals surface area contributed by atoms with Crippen LogP contribution in [0.4, 0.5) is 11.4 Å². The van der Waals surface area contributed by atoms with Crippen LogP contribution < -0.4 is 15.0 Å². The quantitative estimate of drug-likeness (QED) is 0.579. The van der Waals surface area contributed by atoms with Crippen LogP contribution in [0.25, 0.3) is 6.08 Å². The van der Waals surface area contributed by atoms with Gasteiger partial charge in [-0.2, -0.15) is 0 Å². The van der Waals surface area contributed by atoms with Gasteiger partial charge in [-0.25, -0.2) is 0 Å². The summed E-state index contributed by atoms with van der Waals surface area (Å²) in [5, 5.41) is 2.88. The molecule has 1 fully saturated rings. The van der Waals surface area contributed by atoms with E-state index in [0.717, 1.165) is 35.8 Å². The van der Waals surface area contributed by atoms with Gasteiger partial charge in [0.25, 0.3) is 5.91 Å². The largest absolute Gasteiger partial charge is 0.497 e. The number of hydrogen-bond donors (Lipinski definition) is 1. The molecule has 33 heavy (non-hydrogen) atoms. The summed E-state index contributed by atoms with van der Waals surface area (Å²) in [7, 11) is 1.61. The molecule has 0 unspecified atom stereocenters. The van der Waals surface area contributed by atoms with Gasteiger partial charge >= 0.3 is 0 Å². The Morgan fingerprint density at radius 2 is 1.52 bits per heavy atom. The van der Waals surface area contributed by atoms with Crippen molar-refractivity contribution in [3.63, 3.8) is 0 Å². The molecule has 1 N–H and O–H groups in total. The van der Waals surface area contributed by atoms with Crippen molar-refractivity contribution in [1.82, 2.24) is 4.90 Å². The molecular formula is C27H27N3O3. The third kappa shape index (κ3) is 5.80. The fourth-order valence-corrected chi connectivity index (χ4v) is 3.76. The SMILES string of the molecule is COc1ccc(C(=O)N2CCN(c3ccc(NC(=O)/C=C/c4ccccc4)cc3)CC2)cc1. The number of nitrogens with zero attached hydrogens (tertiary/aromatic N) is 2. The predicted molar refractivity (Wildman–Crippen MR) is 132 cm³/mol. The van der Waals surface area contributed by atoms with Gasteiger partial charge in [0.05, 0.1) is 7.11 Å². The standard InChI is InChI=1S/C27H27N3O3/c1-33-25-14-8-22(9-15-25)27(32)30-19-17-29(18-20-30)24-12-10-23(11-13-24)28-26(31)16-7-21-5-3-2-4-6-21/h2-16H,17-20H2,1H3,(H,28,31)/b16-7+. The highest BCUT2D eigenvalue weighted by atomic mass is 16.5. The van der Waals surface area contributed by atoms with Crippen molar-refractivity contribution in [2.45, 2.75) is 0 Å². The smallest absolute Gasteiger partial charge is 0.253 e. The first-order valence-electron chi connectivity index (χ1n) is 10.9. The summed E-state index contributed by atoms with van der Waals surface area (Å²) < 4.78 is 5.16. The van der Waals surface area contributed by atoms with E-state index in [1.165, 1.54) is 6.08 Å². The molecule has 0 aliphatic carbocycles. The van der Waals surface area contributed by atoms with E-state index >= 15 is 0 Å². The van der Waals surface area contributed by atoms with Gasteiger partial charge in [0.15, 0.2) is 0 Å². The Kier molecular flexibility index (Phi) is 7.05. The van der Waals surface area contributed by atoms with E-state index in [4.69, 9.17) is 4.74 Å². The number of carbonyl (C=O) groups excluding carboxylic acids is 2. The molecule has 6 nitrogen and oxygen atoms in total. The molecule has 3 aromatic carbocycles. The number of methoxy groups -OCH3 is 1. The first-order chi connectivity index (χ1) is 16.1. The Hall–Kier alpha value is -4.06. The lowest BCUT2D eigenvalue weighted by atomic mass is 10.1. The topological polar surface area (TPSA) is 61.9 Å². The average molecular weight is 442 g/mol. The second kappa shape index (κ2) is 10.5. The van der Waals surface area contributed by atoms with Crippen LogP contribution in [0.3, 0.4) is 0 Å². The Labute approximate surface area is 194 Å². The van der Waals surface area contributed by atoms with Crippen molar-refractivity contribution < 1.29 is 14.3 Å². The minimum atomic E-state index is -0.169. The molecule has 0 bridgehead atoms. The zero-order valence-corrected chi connectivity index (χ0v) is 18.6. The summed E-state index contributed by atoms with van der Waals surface area (Å²) in [5.74, 6) is 0.611. The number of carbonyl (C=O) groups is 2. The van der Waals surface area contributed by atoms with Gasteiger partial charge in [-0.05, 0) is 60.2 Å². The van der Waals surface area contributed by atoms with E-state index in [-0.39, 0.29) is 11.8 Å². The van der Waals surface area contributed by atoms with Gasteiger partial charge in [0.2, 0.25) is 5.91 Å². The maximum absolute atomic E-state index is 12.8. The maximum Gasteiger partial charge on any atom is 0.253 e. The molecule has 1 saturated heterocycles. The molecule has 1 aliphatic heterocycles. The van der Waals surface area contributed by atoms with Gasteiger partial charge in [-0.1, -0.05) is 30.3 Å². The van der Waals surface area contributed by atoms with Gasteiger partial charge < -0.3 is 19.9 Å². The van der Waals surface area contributed by atoms with Crippen LogP contribution in [-0.2, 0) is 4.79 Å². The molecule has 3 aromatic rings. The number of piperazine rings is 1. The summed E-state index contributed by atoms with van der Waals surface area (Å²) in [6, 6.07) is 24.7. The first-order valence-corrected chi connectivity index (χ1v) is 10.9. The first kappa shape index (κ1) is 22.1. The summed E-state index contributed by atoms with van der Waals surface area (Å²) >= 11 is 0. The highest BCUT2D eigenvalue weighted by Gasteiger charge is 2.22. The van der Waals surface area contributed by atoms with Gasteiger partial charge in [-0.15, -0.1) is 0 Å². The predicted octanol–water partition coefficient (Wildman–Crippen LogP) is 4.31. The molecule has 6 heteroatoms. The Morgan fingerprint density at radius 1 is 0.848 bits per heavy atom. The zero-order valence-electron chi connectivity index (χ0n) is 18.6. The highest BCUT2D eigenvalue weighted by molar-refractivity contribution is 6.02. The Morgan fingerprint density at radius 3 is 2.15 bits per heavy atom. The van der Waals surface area contributed by atoms with Gasteiger partial charge in [0.1, 0.15) is 5.75 Å². The summed E-state index contributed by atoms with van der Waals surface area (Å²) in [5.41, 5.74) is 3.47. The summed E-state index contributed by atoms with van der Waals surface area (Å²) in [6.07, 6.45) is 3.32. The summed E-state index contributed by atoms with van der Waals surface area (Å²) in [6.45, 7) is 2.84. The Bertz CT molecular complexity index is 1100. The number of rotatable bonds is 6. The van der Waals surface area contributed by atoms with E-state index in [0.29, 0.717) is 18.7 Å². The lowest BCUT2D eigenvalue weighted by Gasteiger charge is -2.36. The molecular weight excluding hydrogens is 414 g/mol. The van der Waals surface area contributed by atoms with Crippen molar-refractivity contribution in [3.8, 4) is 5.75 Å². The van der Waals surface area contributed by atoms with Crippen molar-refractivity contribution in [2.75, 3.05) is 43.5 Å². The van der Waals surface area contributed by atoms with Crippen molar-refractivity contribution in [2.24, 2.45) is 0 Å². The van der Waals surface area contributed by atoms with Crippen LogP contribution >= 0.6 is 0 Å². The van der Waals surface area contributed by atoms with Crippen molar-refractivity contribution >= 4 is 29.3 Å².